The molecule has 2 nitrogen and oxygen atoms in total. The Kier molecular flexibility index (Phi) is 5.43. The topological polar surface area (TPSA) is 23.5 Å². The zero-order valence-corrected chi connectivity index (χ0v) is 9.99. The van der Waals surface area contributed by atoms with Gasteiger partial charge in [-0.15, -0.1) is 0 Å². The minimum Gasteiger partial charge on any atom is -0.393 e. The summed E-state index contributed by atoms with van der Waals surface area (Å²) in [5.74, 6) is -0.194. The molecule has 0 saturated carbocycles. The summed E-state index contributed by atoms with van der Waals surface area (Å²) in [6.07, 6.45) is 1.59. The quantitative estimate of drug-likeness (QED) is 0.803. The summed E-state index contributed by atoms with van der Waals surface area (Å²) < 4.78 is 12.7. The summed E-state index contributed by atoms with van der Waals surface area (Å²) in [5.41, 5.74) is 1.11. The average molecular weight is 225 g/mol. The highest BCUT2D eigenvalue weighted by molar-refractivity contribution is 5.15. The molecule has 3 heteroatoms. The van der Waals surface area contributed by atoms with Gasteiger partial charge in [0.1, 0.15) is 5.82 Å². The number of aliphatic hydroxyl groups is 1. The highest BCUT2D eigenvalue weighted by Gasteiger charge is 2.02. The smallest absolute Gasteiger partial charge is 0.123 e. The molecule has 0 aliphatic heterocycles. The fourth-order valence-corrected chi connectivity index (χ4v) is 1.64. The van der Waals surface area contributed by atoms with E-state index >= 15 is 0 Å². The van der Waals surface area contributed by atoms with E-state index in [9.17, 15) is 4.39 Å². The van der Waals surface area contributed by atoms with Gasteiger partial charge in [-0.05, 0) is 51.1 Å². The van der Waals surface area contributed by atoms with Gasteiger partial charge in [0.05, 0.1) is 6.10 Å². The second kappa shape index (κ2) is 6.61. The van der Waals surface area contributed by atoms with Crippen molar-refractivity contribution in [1.82, 2.24) is 4.90 Å². The van der Waals surface area contributed by atoms with Gasteiger partial charge in [0.15, 0.2) is 0 Å². The van der Waals surface area contributed by atoms with Crippen molar-refractivity contribution in [3.8, 4) is 0 Å². The van der Waals surface area contributed by atoms with Crippen LogP contribution in [0.4, 0.5) is 4.39 Å². The first-order chi connectivity index (χ1) is 7.58. The summed E-state index contributed by atoms with van der Waals surface area (Å²) in [6.45, 7) is 3.57. The molecular formula is C13H20FNO. The Labute approximate surface area is 96.7 Å². The van der Waals surface area contributed by atoms with Crippen molar-refractivity contribution in [3.63, 3.8) is 0 Å². The monoisotopic (exact) mass is 225 g/mol. The Morgan fingerprint density at radius 3 is 2.50 bits per heavy atom. The van der Waals surface area contributed by atoms with Gasteiger partial charge in [-0.3, -0.25) is 0 Å². The molecule has 1 N–H and O–H groups in total. The first-order valence-corrected chi connectivity index (χ1v) is 5.69. The molecule has 0 aliphatic rings. The molecule has 1 atom stereocenters. The fraction of sp³-hybridized carbons (Fsp3) is 0.538. The number of halogens is 1. The third kappa shape index (κ3) is 5.24. The number of hydrogen-bond acceptors (Lipinski definition) is 2. The van der Waals surface area contributed by atoms with Crippen LogP contribution < -0.4 is 0 Å². The van der Waals surface area contributed by atoms with Crippen molar-refractivity contribution < 1.29 is 9.50 Å². The van der Waals surface area contributed by atoms with E-state index in [0.717, 1.165) is 31.5 Å². The van der Waals surface area contributed by atoms with Crippen molar-refractivity contribution in [1.29, 1.82) is 0 Å². The molecule has 0 heterocycles. The number of aliphatic hydroxyl groups excluding tert-OH is 1. The van der Waals surface area contributed by atoms with Gasteiger partial charge in [0, 0.05) is 6.54 Å². The highest BCUT2D eigenvalue weighted by atomic mass is 19.1. The lowest BCUT2D eigenvalue weighted by Gasteiger charge is -2.17. The van der Waals surface area contributed by atoms with E-state index < -0.39 is 0 Å². The fourth-order valence-electron chi connectivity index (χ4n) is 1.64. The van der Waals surface area contributed by atoms with Crippen molar-refractivity contribution in [2.45, 2.75) is 32.4 Å². The van der Waals surface area contributed by atoms with Crippen LogP contribution in [0, 0.1) is 5.82 Å². The molecule has 0 aliphatic carbocycles. The number of benzene rings is 1. The van der Waals surface area contributed by atoms with Gasteiger partial charge in [0.2, 0.25) is 0 Å². The van der Waals surface area contributed by atoms with Crippen molar-refractivity contribution in [2.75, 3.05) is 13.6 Å². The van der Waals surface area contributed by atoms with Gasteiger partial charge < -0.3 is 10.0 Å². The van der Waals surface area contributed by atoms with Crippen molar-refractivity contribution >= 4 is 0 Å². The minimum absolute atomic E-state index is 0.194. The van der Waals surface area contributed by atoms with Gasteiger partial charge >= 0.3 is 0 Å². The summed E-state index contributed by atoms with van der Waals surface area (Å²) in [7, 11) is 2.03. The average Bonchev–Trinajstić information content (AvgIpc) is 2.21. The van der Waals surface area contributed by atoms with Crippen LogP contribution in [0.5, 0.6) is 0 Å². The Balaban J connectivity index is 2.28. The SMILES string of the molecule is CC(O)CCCN(C)Cc1ccc(F)cc1. The van der Waals surface area contributed by atoms with E-state index in [1.54, 1.807) is 19.1 Å². The molecule has 1 aromatic carbocycles. The summed E-state index contributed by atoms with van der Waals surface area (Å²) in [6, 6.07) is 6.58. The number of nitrogens with zero attached hydrogens (tertiary/aromatic N) is 1. The van der Waals surface area contributed by atoms with Crippen LogP contribution in [0.2, 0.25) is 0 Å². The van der Waals surface area contributed by atoms with E-state index in [-0.39, 0.29) is 11.9 Å². The summed E-state index contributed by atoms with van der Waals surface area (Å²) in [4.78, 5) is 2.18. The maximum absolute atomic E-state index is 12.7. The standard InChI is InChI=1S/C13H20FNO/c1-11(16)4-3-9-15(2)10-12-5-7-13(14)8-6-12/h5-8,11,16H,3-4,9-10H2,1-2H3. The van der Waals surface area contributed by atoms with Crippen molar-refractivity contribution in [3.05, 3.63) is 35.6 Å². The zero-order valence-electron chi connectivity index (χ0n) is 9.99. The Morgan fingerprint density at radius 2 is 1.94 bits per heavy atom. The van der Waals surface area contributed by atoms with Gasteiger partial charge in [0.25, 0.3) is 0 Å². The Bertz CT molecular complexity index is 297. The first kappa shape index (κ1) is 13.1. The van der Waals surface area contributed by atoms with Gasteiger partial charge in [-0.1, -0.05) is 12.1 Å². The van der Waals surface area contributed by atoms with Crippen LogP contribution in [-0.2, 0) is 6.54 Å². The molecule has 0 fully saturated rings. The molecule has 0 radical (unpaired) electrons. The zero-order chi connectivity index (χ0) is 12.0. The van der Waals surface area contributed by atoms with Gasteiger partial charge in [-0.2, -0.15) is 0 Å². The van der Waals surface area contributed by atoms with E-state index in [0.29, 0.717) is 0 Å². The highest BCUT2D eigenvalue weighted by Crippen LogP contribution is 2.06. The lowest BCUT2D eigenvalue weighted by molar-refractivity contribution is 0.174. The maximum atomic E-state index is 12.7. The molecule has 90 valence electrons. The summed E-state index contributed by atoms with van der Waals surface area (Å²) in [5, 5.41) is 9.13. The van der Waals surface area contributed by atoms with E-state index in [2.05, 4.69) is 4.90 Å². The molecule has 0 bridgehead atoms. The van der Waals surface area contributed by atoms with Crippen LogP contribution >= 0.6 is 0 Å². The molecule has 0 aromatic heterocycles. The normalized spacial score (nSPS) is 13.1. The lowest BCUT2D eigenvalue weighted by atomic mass is 10.2. The number of rotatable bonds is 6. The predicted molar refractivity (Wildman–Crippen MR) is 63.6 cm³/mol. The second-order valence-electron chi connectivity index (χ2n) is 4.36. The molecule has 16 heavy (non-hydrogen) atoms. The maximum Gasteiger partial charge on any atom is 0.123 e. The van der Waals surface area contributed by atoms with Gasteiger partial charge in [-0.25, -0.2) is 4.39 Å². The molecule has 1 aromatic rings. The van der Waals surface area contributed by atoms with Crippen LogP contribution in [-0.4, -0.2) is 29.7 Å². The predicted octanol–water partition coefficient (Wildman–Crippen LogP) is 2.42. The van der Waals surface area contributed by atoms with Crippen LogP contribution in [0.25, 0.3) is 0 Å². The number of hydrogen-bond donors (Lipinski definition) is 1. The van der Waals surface area contributed by atoms with E-state index in [1.807, 2.05) is 7.05 Å². The lowest BCUT2D eigenvalue weighted by Crippen LogP contribution is -2.20. The minimum atomic E-state index is -0.223. The third-order valence-electron chi connectivity index (χ3n) is 2.53. The Morgan fingerprint density at radius 1 is 1.31 bits per heavy atom. The summed E-state index contributed by atoms with van der Waals surface area (Å²) >= 11 is 0. The molecule has 0 saturated heterocycles. The van der Waals surface area contributed by atoms with Crippen LogP contribution in [0.1, 0.15) is 25.3 Å². The van der Waals surface area contributed by atoms with Crippen LogP contribution in [0.15, 0.2) is 24.3 Å². The van der Waals surface area contributed by atoms with E-state index in [4.69, 9.17) is 5.11 Å². The molecule has 0 spiro atoms. The second-order valence-corrected chi connectivity index (χ2v) is 4.36. The molecule has 1 rings (SSSR count). The van der Waals surface area contributed by atoms with E-state index in [1.165, 1.54) is 12.1 Å². The van der Waals surface area contributed by atoms with Crippen LogP contribution in [0.3, 0.4) is 0 Å². The molecule has 0 amide bonds. The first-order valence-electron chi connectivity index (χ1n) is 5.69. The van der Waals surface area contributed by atoms with Crippen molar-refractivity contribution in [2.24, 2.45) is 0 Å². The third-order valence-corrected chi connectivity index (χ3v) is 2.53. The Hall–Kier alpha value is -0.930. The largest absolute Gasteiger partial charge is 0.393 e. The molecule has 1 unspecified atom stereocenters. The molecular weight excluding hydrogens is 205 g/mol.